The van der Waals surface area contributed by atoms with Crippen LogP contribution in [0.5, 0.6) is 5.75 Å². The van der Waals surface area contributed by atoms with Crippen LogP contribution < -0.4 is 5.32 Å². The second-order valence-electron chi connectivity index (χ2n) is 4.96. The lowest BCUT2D eigenvalue weighted by atomic mass is 10.1. The number of nitrogens with zero attached hydrogens (tertiary/aromatic N) is 1. The third-order valence-electron chi connectivity index (χ3n) is 3.14. The van der Waals surface area contributed by atoms with Gasteiger partial charge in [0.1, 0.15) is 11.3 Å². The summed E-state index contributed by atoms with van der Waals surface area (Å²) < 4.78 is 4.93. The predicted molar refractivity (Wildman–Crippen MR) is 84.1 cm³/mol. The van der Waals surface area contributed by atoms with Crippen LogP contribution in [0.3, 0.4) is 0 Å². The lowest BCUT2D eigenvalue weighted by Crippen LogP contribution is -2.42. The van der Waals surface area contributed by atoms with Crippen LogP contribution >= 0.6 is 0 Å². The highest BCUT2D eigenvalue weighted by Gasteiger charge is 2.19. The molecule has 0 aliphatic carbocycles. The molecule has 0 saturated carbocycles. The molecule has 1 rings (SSSR count). The second-order valence-corrected chi connectivity index (χ2v) is 4.96. The van der Waals surface area contributed by atoms with Crippen molar-refractivity contribution in [2.24, 2.45) is 0 Å². The molecule has 7 heteroatoms. The van der Waals surface area contributed by atoms with Crippen LogP contribution in [0.1, 0.15) is 29.8 Å². The van der Waals surface area contributed by atoms with Gasteiger partial charge in [0.05, 0.1) is 6.54 Å². The van der Waals surface area contributed by atoms with Gasteiger partial charge in [-0.2, -0.15) is 0 Å². The van der Waals surface area contributed by atoms with Crippen molar-refractivity contribution >= 4 is 17.8 Å². The van der Waals surface area contributed by atoms with E-state index in [1.165, 1.54) is 17.0 Å². The van der Waals surface area contributed by atoms with Gasteiger partial charge in [-0.25, -0.2) is 4.79 Å². The minimum atomic E-state index is -0.784. The largest absolute Gasteiger partial charge is 0.507 e. The number of nitrogens with one attached hydrogen (secondary N) is 1. The van der Waals surface area contributed by atoms with E-state index in [2.05, 4.69) is 5.32 Å². The molecule has 2 N–H and O–H groups in total. The van der Waals surface area contributed by atoms with Crippen LogP contribution in [-0.4, -0.2) is 54.0 Å². The summed E-state index contributed by atoms with van der Waals surface area (Å²) in [6, 6.07) is 4.53. The van der Waals surface area contributed by atoms with Crippen molar-refractivity contribution in [2.75, 3.05) is 26.2 Å². The highest BCUT2D eigenvalue weighted by atomic mass is 16.5. The average molecular weight is 322 g/mol. The average Bonchev–Trinajstić information content (AvgIpc) is 2.52. The van der Waals surface area contributed by atoms with Gasteiger partial charge in [0.25, 0.3) is 5.91 Å². The number of hydrogen-bond donors (Lipinski definition) is 2. The standard InChI is InChI=1S/C16H22N2O5/c1-4-17-14(20)9-18(5-2)15(21)10-23-16(22)12-8-11(3)6-7-13(12)19/h6-8,19H,4-5,9-10H2,1-3H3,(H,17,20). The quantitative estimate of drug-likeness (QED) is 0.725. The van der Waals surface area contributed by atoms with E-state index >= 15 is 0 Å². The van der Waals surface area contributed by atoms with Crippen molar-refractivity contribution in [3.05, 3.63) is 29.3 Å². The van der Waals surface area contributed by atoms with E-state index in [0.717, 1.165) is 5.56 Å². The molecule has 0 heterocycles. The number of carbonyl (C=O) groups is 3. The first-order chi connectivity index (χ1) is 10.9. The maximum atomic E-state index is 12.0. The summed E-state index contributed by atoms with van der Waals surface area (Å²) >= 11 is 0. The monoisotopic (exact) mass is 322 g/mol. The molecule has 0 bridgehead atoms. The summed E-state index contributed by atoms with van der Waals surface area (Å²) in [6.07, 6.45) is 0. The fourth-order valence-corrected chi connectivity index (χ4v) is 1.91. The fourth-order valence-electron chi connectivity index (χ4n) is 1.91. The van der Waals surface area contributed by atoms with Crippen LogP contribution in [0.4, 0.5) is 0 Å². The Bertz CT molecular complexity index is 586. The van der Waals surface area contributed by atoms with Crippen molar-refractivity contribution in [2.45, 2.75) is 20.8 Å². The van der Waals surface area contributed by atoms with Gasteiger partial charge >= 0.3 is 5.97 Å². The highest BCUT2D eigenvalue weighted by Crippen LogP contribution is 2.19. The van der Waals surface area contributed by atoms with E-state index in [4.69, 9.17) is 4.74 Å². The first-order valence-electron chi connectivity index (χ1n) is 7.40. The molecule has 0 spiro atoms. The predicted octanol–water partition coefficient (Wildman–Crippen LogP) is 0.842. The molecular formula is C16H22N2O5. The SMILES string of the molecule is CCNC(=O)CN(CC)C(=O)COC(=O)c1cc(C)ccc1O. The Morgan fingerprint density at radius 2 is 1.96 bits per heavy atom. The number of phenols is 1. The number of benzene rings is 1. The highest BCUT2D eigenvalue weighted by molar-refractivity contribution is 5.94. The number of carbonyl (C=O) groups excluding carboxylic acids is 3. The Morgan fingerprint density at radius 1 is 1.26 bits per heavy atom. The molecule has 0 aliphatic rings. The molecule has 1 aromatic carbocycles. The van der Waals surface area contributed by atoms with Gasteiger partial charge in [-0.1, -0.05) is 11.6 Å². The number of hydrogen-bond acceptors (Lipinski definition) is 5. The molecule has 0 aliphatic heterocycles. The van der Waals surface area contributed by atoms with Gasteiger partial charge in [0.15, 0.2) is 6.61 Å². The Hall–Kier alpha value is -2.57. The van der Waals surface area contributed by atoms with E-state index in [0.29, 0.717) is 13.1 Å². The zero-order chi connectivity index (χ0) is 17.4. The van der Waals surface area contributed by atoms with Crippen LogP contribution in [0.25, 0.3) is 0 Å². The normalized spacial score (nSPS) is 10.0. The molecule has 23 heavy (non-hydrogen) atoms. The number of phenolic OH excluding ortho intramolecular Hbond substituents is 1. The van der Waals surface area contributed by atoms with Gasteiger partial charge in [-0.05, 0) is 32.9 Å². The summed E-state index contributed by atoms with van der Waals surface area (Å²) in [5, 5.41) is 12.3. The first kappa shape index (κ1) is 18.5. The summed E-state index contributed by atoms with van der Waals surface area (Å²) in [6.45, 7) is 5.51. The molecule has 0 saturated heterocycles. The molecule has 1 aromatic rings. The van der Waals surface area contributed by atoms with Gasteiger partial charge in [-0.15, -0.1) is 0 Å². The third kappa shape index (κ3) is 5.61. The minimum Gasteiger partial charge on any atom is -0.507 e. The Kier molecular flexibility index (Phi) is 7.05. The summed E-state index contributed by atoms with van der Waals surface area (Å²) in [7, 11) is 0. The number of aryl methyl sites for hydroxylation is 1. The number of ether oxygens (including phenoxy) is 1. The van der Waals surface area contributed by atoms with Crippen LogP contribution in [0, 0.1) is 6.92 Å². The molecule has 126 valence electrons. The summed E-state index contributed by atoms with van der Waals surface area (Å²) in [4.78, 5) is 36.7. The number of amides is 2. The second kappa shape index (κ2) is 8.77. The molecular weight excluding hydrogens is 300 g/mol. The molecule has 0 atom stereocenters. The maximum absolute atomic E-state index is 12.0. The smallest absolute Gasteiger partial charge is 0.342 e. The summed E-state index contributed by atoms with van der Waals surface area (Å²) in [5.41, 5.74) is 0.789. The van der Waals surface area contributed by atoms with Crippen molar-refractivity contribution < 1.29 is 24.2 Å². The fraction of sp³-hybridized carbons (Fsp3) is 0.438. The first-order valence-corrected chi connectivity index (χ1v) is 7.40. The van der Waals surface area contributed by atoms with E-state index in [9.17, 15) is 19.5 Å². The number of esters is 1. The van der Waals surface area contributed by atoms with Crippen molar-refractivity contribution in [1.29, 1.82) is 0 Å². The Morgan fingerprint density at radius 3 is 2.57 bits per heavy atom. The molecule has 0 fully saturated rings. The number of likely N-dealkylation sites (N-methyl/N-ethyl adjacent to an activating group) is 2. The van der Waals surface area contributed by atoms with Crippen molar-refractivity contribution in [1.82, 2.24) is 10.2 Å². The van der Waals surface area contributed by atoms with Crippen molar-refractivity contribution in [3.63, 3.8) is 0 Å². The van der Waals surface area contributed by atoms with Gasteiger partial charge in [-0.3, -0.25) is 9.59 Å². The maximum Gasteiger partial charge on any atom is 0.342 e. The molecule has 0 unspecified atom stereocenters. The van der Waals surface area contributed by atoms with Gasteiger partial charge in [0, 0.05) is 13.1 Å². The van der Waals surface area contributed by atoms with Crippen molar-refractivity contribution in [3.8, 4) is 5.75 Å². The zero-order valence-corrected chi connectivity index (χ0v) is 13.6. The summed E-state index contributed by atoms with van der Waals surface area (Å²) in [5.74, 6) is -1.74. The third-order valence-corrected chi connectivity index (χ3v) is 3.14. The zero-order valence-electron chi connectivity index (χ0n) is 13.6. The van der Waals surface area contributed by atoms with E-state index in [1.807, 2.05) is 0 Å². The van der Waals surface area contributed by atoms with E-state index in [-0.39, 0.29) is 23.8 Å². The molecule has 0 radical (unpaired) electrons. The molecule has 2 amide bonds. The van der Waals surface area contributed by atoms with Gasteiger partial charge < -0.3 is 20.1 Å². The Labute approximate surface area is 135 Å². The van der Waals surface area contributed by atoms with E-state index < -0.39 is 18.5 Å². The van der Waals surface area contributed by atoms with E-state index in [1.54, 1.807) is 26.8 Å². The van der Waals surface area contributed by atoms with Crippen LogP contribution in [0.15, 0.2) is 18.2 Å². The lowest BCUT2D eigenvalue weighted by Gasteiger charge is -2.20. The van der Waals surface area contributed by atoms with Crippen LogP contribution in [0.2, 0.25) is 0 Å². The Balaban J connectivity index is 2.61. The van der Waals surface area contributed by atoms with Crippen LogP contribution in [-0.2, 0) is 14.3 Å². The number of rotatable bonds is 7. The molecule has 0 aromatic heterocycles. The lowest BCUT2D eigenvalue weighted by molar-refractivity contribution is -0.138. The minimum absolute atomic E-state index is 0.00424. The topological polar surface area (TPSA) is 95.9 Å². The molecule has 7 nitrogen and oxygen atoms in total. The van der Waals surface area contributed by atoms with Gasteiger partial charge in [0.2, 0.25) is 5.91 Å². The number of aromatic hydroxyl groups is 1.